The van der Waals surface area contributed by atoms with Gasteiger partial charge < -0.3 is 20.1 Å². The highest BCUT2D eigenvalue weighted by Gasteiger charge is 2.23. The fourth-order valence-corrected chi connectivity index (χ4v) is 3.18. The third kappa shape index (κ3) is 3.02. The van der Waals surface area contributed by atoms with Crippen LogP contribution in [0, 0.1) is 0 Å². The number of para-hydroxylation sites is 1. The number of fused-ring (bicyclic) bond motifs is 1. The van der Waals surface area contributed by atoms with Crippen molar-refractivity contribution in [2.75, 3.05) is 31.4 Å². The minimum atomic E-state index is 0.133. The lowest BCUT2D eigenvalue weighted by atomic mass is 10.1. The predicted octanol–water partition coefficient (Wildman–Crippen LogP) is 2.81. The molecule has 0 radical (unpaired) electrons. The number of amides is 1. The first-order valence-corrected chi connectivity index (χ1v) is 8.02. The molecular weight excluding hydrogens is 304 g/mol. The number of rotatable bonds is 5. The number of anilines is 2. The van der Waals surface area contributed by atoms with E-state index in [1.54, 1.807) is 14.2 Å². The lowest BCUT2D eigenvalue weighted by Crippen LogP contribution is -2.29. The van der Waals surface area contributed by atoms with Gasteiger partial charge >= 0.3 is 0 Å². The van der Waals surface area contributed by atoms with Crippen molar-refractivity contribution in [2.24, 2.45) is 0 Å². The van der Waals surface area contributed by atoms with Gasteiger partial charge in [-0.05, 0) is 42.2 Å². The maximum Gasteiger partial charge on any atom is 0.227 e. The molecule has 5 nitrogen and oxygen atoms in total. The summed E-state index contributed by atoms with van der Waals surface area (Å²) in [4.78, 5) is 14.5. The van der Waals surface area contributed by atoms with E-state index in [2.05, 4.69) is 6.07 Å². The van der Waals surface area contributed by atoms with Gasteiger partial charge in [-0.3, -0.25) is 4.79 Å². The SMILES string of the molecule is COc1cc(CCC(=O)N2CCc3ccccc32)cc(N)c1OC. The van der Waals surface area contributed by atoms with Crippen LogP contribution in [0.25, 0.3) is 0 Å². The summed E-state index contributed by atoms with van der Waals surface area (Å²) in [5.74, 6) is 1.25. The molecule has 2 aromatic rings. The summed E-state index contributed by atoms with van der Waals surface area (Å²) < 4.78 is 10.6. The van der Waals surface area contributed by atoms with Gasteiger partial charge in [-0.1, -0.05) is 18.2 Å². The van der Waals surface area contributed by atoms with Crippen molar-refractivity contribution in [1.82, 2.24) is 0 Å². The molecule has 1 heterocycles. The molecule has 0 aliphatic carbocycles. The quantitative estimate of drug-likeness (QED) is 0.858. The van der Waals surface area contributed by atoms with Crippen molar-refractivity contribution >= 4 is 17.3 Å². The van der Waals surface area contributed by atoms with Gasteiger partial charge in [0.15, 0.2) is 11.5 Å². The highest BCUT2D eigenvalue weighted by Crippen LogP contribution is 2.35. The molecule has 2 N–H and O–H groups in total. The van der Waals surface area contributed by atoms with E-state index in [9.17, 15) is 4.79 Å². The van der Waals surface area contributed by atoms with Crippen molar-refractivity contribution < 1.29 is 14.3 Å². The van der Waals surface area contributed by atoms with Gasteiger partial charge in [-0.25, -0.2) is 0 Å². The molecule has 0 atom stereocenters. The number of methoxy groups -OCH3 is 2. The molecule has 0 unspecified atom stereocenters. The average Bonchev–Trinajstić information content (AvgIpc) is 3.03. The number of aryl methyl sites for hydroxylation is 1. The van der Waals surface area contributed by atoms with Gasteiger partial charge in [0.05, 0.1) is 19.9 Å². The molecule has 24 heavy (non-hydrogen) atoms. The summed E-state index contributed by atoms with van der Waals surface area (Å²) in [6.45, 7) is 0.756. The molecule has 1 aliphatic heterocycles. The van der Waals surface area contributed by atoms with Crippen LogP contribution in [0.2, 0.25) is 0 Å². The number of hydrogen-bond donors (Lipinski definition) is 1. The second-order valence-electron chi connectivity index (χ2n) is 5.84. The first-order valence-electron chi connectivity index (χ1n) is 8.02. The molecule has 5 heteroatoms. The smallest absolute Gasteiger partial charge is 0.227 e. The van der Waals surface area contributed by atoms with Crippen LogP contribution in [0.15, 0.2) is 36.4 Å². The van der Waals surface area contributed by atoms with Crippen molar-refractivity contribution in [3.8, 4) is 11.5 Å². The summed E-state index contributed by atoms with van der Waals surface area (Å²) in [6.07, 6.45) is 1.97. The number of hydrogen-bond acceptors (Lipinski definition) is 4. The van der Waals surface area contributed by atoms with E-state index in [-0.39, 0.29) is 5.91 Å². The Bertz CT molecular complexity index is 758. The van der Waals surface area contributed by atoms with Crippen LogP contribution in [0.3, 0.4) is 0 Å². The monoisotopic (exact) mass is 326 g/mol. The van der Waals surface area contributed by atoms with Crippen LogP contribution in [0.1, 0.15) is 17.5 Å². The largest absolute Gasteiger partial charge is 0.493 e. The molecule has 2 aromatic carbocycles. The fraction of sp³-hybridized carbons (Fsp3) is 0.316. The van der Waals surface area contributed by atoms with Crippen molar-refractivity contribution in [3.05, 3.63) is 47.5 Å². The first kappa shape index (κ1) is 16.2. The second-order valence-corrected chi connectivity index (χ2v) is 5.84. The highest BCUT2D eigenvalue weighted by molar-refractivity contribution is 5.95. The van der Waals surface area contributed by atoms with Crippen molar-refractivity contribution in [1.29, 1.82) is 0 Å². The van der Waals surface area contributed by atoms with E-state index in [4.69, 9.17) is 15.2 Å². The highest BCUT2D eigenvalue weighted by atomic mass is 16.5. The Morgan fingerprint density at radius 1 is 1.21 bits per heavy atom. The molecule has 0 bridgehead atoms. The molecule has 0 aromatic heterocycles. The third-order valence-electron chi connectivity index (χ3n) is 4.38. The minimum Gasteiger partial charge on any atom is -0.493 e. The van der Waals surface area contributed by atoms with Gasteiger partial charge in [0.25, 0.3) is 0 Å². The van der Waals surface area contributed by atoms with Crippen LogP contribution < -0.4 is 20.1 Å². The lowest BCUT2D eigenvalue weighted by molar-refractivity contribution is -0.118. The number of benzene rings is 2. The lowest BCUT2D eigenvalue weighted by Gasteiger charge is -2.18. The number of carbonyl (C=O) groups is 1. The van der Waals surface area contributed by atoms with E-state index >= 15 is 0 Å². The van der Waals surface area contributed by atoms with Crippen LogP contribution >= 0.6 is 0 Å². The molecule has 3 rings (SSSR count). The molecule has 1 aliphatic rings. The second kappa shape index (κ2) is 6.83. The number of nitrogens with two attached hydrogens (primary N) is 1. The topological polar surface area (TPSA) is 64.8 Å². The predicted molar refractivity (Wildman–Crippen MR) is 94.8 cm³/mol. The Kier molecular flexibility index (Phi) is 4.60. The van der Waals surface area contributed by atoms with E-state index in [0.29, 0.717) is 30.0 Å². The maximum atomic E-state index is 12.6. The standard InChI is InChI=1S/C19H22N2O3/c1-23-17-12-13(11-15(20)19(17)24-2)7-8-18(22)21-10-9-14-5-3-4-6-16(14)21/h3-6,11-12H,7-10,20H2,1-2H3. The maximum absolute atomic E-state index is 12.6. The molecule has 0 saturated carbocycles. The molecule has 0 fully saturated rings. The van der Waals surface area contributed by atoms with Crippen LogP contribution in [-0.2, 0) is 17.6 Å². The Balaban J connectivity index is 1.70. The summed E-state index contributed by atoms with van der Waals surface area (Å²) in [7, 11) is 3.13. The number of nitrogens with zero attached hydrogens (tertiary/aromatic N) is 1. The minimum absolute atomic E-state index is 0.133. The van der Waals surface area contributed by atoms with Gasteiger partial charge in [-0.2, -0.15) is 0 Å². The fourth-order valence-electron chi connectivity index (χ4n) is 3.18. The van der Waals surface area contributed by atoms with Crippen LogP contribution in [-0.4, -0.2) is 26.7 Å². The van der Waals surface area contributed by atoms with Gasteiger partial charge in [-0.15, -0.1) is 0 Å². The number of nitrogen functional groups attached to an aromatic ring is 1. The number of carbonyl (C=O) groups excluding carboxylic acids is 1. The molecule has 0 saturated heterocycles. The Labute approximate surface area is 142 Å². The van der Waals surface area contributed by atoms with Crippen LogP contribution in [0.5, 0.6) is 11.5 Å². The van der Waals surface area contributed by atoms with E-state index in [1.807, 2.05) is 35.2 Å². The zero-order valence-electron chi connectivity index (χ0n) is 14.0. The average molecular weight is 326 g/mol. The Morgan fingerprint density at radius 3 is 2.75 bits per heavy atom. The Hall–Kier alpha value is -2.69. The molecular formula is C19H22N2O3. The zero-order chi connectivity index (χ0) is 17.1. The molecule has 0 spiro atoms. The molecule has 126 valence electrons. The van der Waals surface area contributed by atoms with Crippen molar-refractivity contribution in [3.63, 3.8) is 0 Å². The Morgan fingerprint density at radius 2 is 2.00 bits per heavy atom. The summed E-state index contributed by atoms with van der Waals surface area (Å²) in [5, 5.41) is 0. The summed E-state index contributed by atoms with van der Waals surface area (Å²) in [5.41, 5.74) is 9.76. The van der Waals surface area contributed by atoms with Crippen molar-refractivity contribution in [2.45, 2.75) is 19.3 Å². The van der Waals surface area contributed by atoms with Crippen LogP contribution in [0.4, 0.5) is 11.4 Å². The van der Waals surface area contributed by atoms with Gasteiger partial charge in [0.2, 0.25) is 5.91 Å². The van der Waals surface area contributed by atoms with Gasteiger partial charge in [0, 0.05) is 18.7 Å². The third-order valence-corrected chi connectivity index (χ3v) is 4.38. The number of ether oxygens (including phenoxy) is 2. The molecule has 1 amide bonds. The summed E-state index contributed by atoms with van der Waals surface area (Å²) >= 11 is 0. The zero-order valence-corrected chi connectivity index (χ0v) is 14.0. The first-order chi connectivity index (χ1) is 11.6. The normalized spacial score (nSPS) is 12.8. The van der Waals surface area contributed by atoms with Gasteiger partial charge in [0.1, 0.15) is 0 Å². The van der Waals surface area contributed by atoms with E-state index in [1.165, 1.54) is 5.56 Å². The summed E-state index contributed by atoms with van der Waals surface area (Å²) in [6, 6.07) is 11.8. The van der Waals surface area contributed by atoms with E-state index in [0.717, 1.165) is 24.2 Å². The van der Waals surface area contributed by atoms with E-state index < -0.39 is 0 Å².